The van der Waals surface area contributed by atoms with Gasteiger partial charge in [-0.2, -0.15) is 0 Å². The molecule has 2 aliphatic rings. The first-order chi connectivity index (χ1) is 34.0. The molecule has 0 radical (unpaired) electrons. The predicted molar refractivity (Wildman–Crippen MR) is 292 cm³/mol. The summed E-state index contributed by atoms with van der Waals surface area (Å²) in [5, 5.41) is 29.5. The Morgan fingerprint density at radius 3 is 1.53 bits per heavy atom. The fourth-order valence-corrected chi connectivity index (χ4v) is 10.3. The number of benzene rings is 2. The summed E-state index contributed by atoms with van der Waals surface area (Å²) in [5.41, 5.74) is 9.50. The largest absolute Gasteiger partial charge is 0.490 e. The lowest BCUT2D eigenvalue weighted by atomic mass is 9.82. The zero-order valence-electron chi connectivity index (χ0n) is 39.2. The molecule has 2 aromatic carbocycles. The Kier molecular flexibility index (Phi) is 17.6. The molecule has 2 saturated heterocycles. The Morgan fingerprint density at radius 2 is 1.10 bits per heavy atom. The Balaban J connectivity index is 0.000000161. The predicted octanol–water partition coefficient (Wildman–Crippen LogP) is 9.52. The summed E-state index contributed by atoms with van der Waals surface area (Å²) < 4.78 is 5.12. The van der Waals surface area contributed by atoms with Gasteiger partial charge in [-0.3, -0.25) is 19.6 Å². The van der Waals surface area contributed by atoms with E-state index < -0.39 is 7.12 Å². The number of thiazole rings is 2. The molecule has 0 unspecified atom stereocenters. The molecule has 14 nitrogen and oxygen atoms in total. The van der Waals surface area contributed by atoms with Crippen molar-refractivity contribution in [2.75, 3.05) is 46.6 Å². The van der Waals surface area contributed by atoms with E-state index in [0.717, 1.165) is 85.0 Å². The Morgan fingerprint density at radius 1 is 0.629 bits per heavy atom. The van der Waals surface area contributed by atoms with Crippen molar-refractivity contribution in [3.05, 3.63) is 170 Å². The Labute approximate surface area is 430 Å². The summed E-state index contributed by atoms with van der Waals surface area (Å²) in [6, 6.07) is 26.7. The number of amides is 2. The minimum absolute atomic E-state index is 0.0965. The van der Waals surface area contributed by atoms with Gasteiger partial charge in [0, 0.05) is 94.5 Å². The molecule has 6 aromatic heterocycles. The molecule has 0 bridgehead atoms. The van der Waals surface area contributed by atoms with Gasteiger partial charge in [0.2, 0.25) is 0 Å². The summed E-state index contributed by atoms with van der Waals surface area (Å²) in [7, 11) is -1.40. The summed E-state index contributed by atoms with van der Waals surface area (Å²) in [6.07, 6.45) is 18.2. The summed E-state index contributed by atoms with van der Waals surface area (Å²) >= 11 is 5.65. The van der Waals surface area contributed by atoms with Crippen LogP contribution in [0.4, 0.5) is 21.6 Å². The van der Waals surface area contributed by atoms with Crippen LogP contribution in [0.1, 0.15) is 82.0 Å². The number of nitrogens with zero attached hydrogens (tertiary/aromatic N) is 8. The van der Waals surface area contributed by atoms with E-state index in [1.807, 2.05) is 114 Å². The Bertz CT molecular complexity index is 2910. The Hall–Kier alpha value is -6.19. The van der Waals surface area contributed by atoms with Gasteiger partial charge in [0.1, 0.15) is 11.4 Å². The van der Waals surface area contributed by atoms with E-state index in [-0.39, 0.29) is 11.8 Å². The molecular formula is C52H56BIN10O4S2. The molecule has 0 atom stereocenters. The normalized spacial score (nSPS) is 13.4. The second-order valence-electron chi connectivity index (χ2n) is 17.3. The fraction of sp³-hybridized carbons (Fsp3) is 0.269. The second-order valence-corrected chi connectivity index (χ2v) is 20.2. The van der Waals surface area contributed by atoms with Gasteiger partial charge in [0.15, 0.2) is 10.3 Å². The number of carbonyl (C=O) groups excluding carboxylic acids is 2. The lowest BCUT2D eigenvalue weighted by Crippen LogP contribution is -2.29. The van der Waals surface area contributed by atoms with Gasteiger partial charge in [-0.25, -0.2) is 9.97 Å². The number of pyridine rings is 2. The highest BCUT2D eigenvalue weighted by atomic mass is 127. The van der Waals surface area contributed by atoms with Crippen molar-refractivity contribution in [1.29, 1.82) is 0 Å². The van der Waals surface area contributed by atoms with Gasteiger partial charge in [-0.05, 0) is 158 Å². The van der Waals surface area contributed by atoms with Crippen LogP contribution in [0.15, 0.2) is 133 Å². The third-order valence-electron chi connectivity index (χ3n) is 11.8. The number of hydrogen-bond acceptors (Lipinski definition) is 12. The first kappa shape index (κ1) is 50.2. The molecule has 4 N–H and O–H groups in total. The molecule has 2 amide bonds. The quantitative estimate of drug-likeness (QED) is 0.0684. The monoisotopic (exact) mass is 1090 g/mol. The molecule has 0 spiro atoms. The SMILES string of the molecule is Cc1cc(C(=O)Nc2ccc(-c3cccnc3)cc2)n(Cc2csc(N3CCCCC3)n2)c1.Cc1cc(C(=O)Nc2ccc(I)cc2)n(Cc2csc(N3CCCCC3)n2)c1.OB(O)c1cccnc1. The molecule has 0 saturated carbocycles. The number of carbonyl (C=O) groups is 2. The highest BCUT2D eigenvalue weighted by Gasteiger charge is 2.20. The maximum Gasteiger partial charge on any atom is 0.490 e. The third-order valence-corrected chi connectivity index (χ3v) is 14.4. The van der Waals surface area contributed by atoms with Crippen LogP contribution in [0.3, 0.4) is 0 Å². The minimum Gasteiger partial charge on any atom is -0.423 e. The standard InChI is InChI=1S/C26H27N5OS.C21H23IN4OS.C5H6BNO2/c1-19-14-24(25(32)28-22-9-7-20(8-10-22)21-6-5-11-27-15-21)31(16-19)17-23-18-33-26(29-23)30-12-3-2-4-13-30;1-15-11-19(20(27)23-17-7-5-16(22)6-8-17)26(12-15)13-18-14-28-21(24-18)25-9-3-2-4-10-25;8-6(9)5-2-1-3-7-4-5/h5-11,14-16,18H,2-4,12-13,17H2,1H3,(H,28,32);5-8,11-12,14H,2-4,9-10,13H2,1H3,(H,23,27);1-4,8-9H. The van der Waals surface area contributed by atoms with Gasteiger partial charge in [-0.1, -0.05) is 24.3 Å². The summed E-state index contributed by atoms with van der Waals surface area (Å²) in [5.74, 6) is -0.218. The highest BCUT2D eigenvalue weighted by molar-refractivity contribution is 14.1. The zero-order valence-corrected chi connectivity index (χ0v) is 43.0. The van der Waals surface area contributed by atoms with Crippen LogP contribution >= 0.6 is 45.3 Å². The lowest BCUT2D eigenvalue weighted by molar-refractivity contribution is 0.101. The van der Waals surface area contributed by atoms with E-state index >= 15 is 0 Å². The van der Waals surface area contributed by atoms with Crippen molar-refractivity contribution in [2.24, 2.45) is 0 Å². The van der Waals surface area contributed by atoms with Crippen molar-refractivity contribution in [3.63, 3.8) is 0 Å². The summed E-state index contributed by atoms with van der Waals surface area (Å²) in [6.45, 7) is 9.58. The second kappa shape index (κ2) is 24.6. The van der Waals surface area contributed by atoms with Gasteiger partial charge in [0.05, 0.1) is 24.5 Å². The van der Waals surface area contributed by atoms with Gasteiger partial charge < -0.3 is 39.6 Å². The summed E-state index contributed by atoms with van der Waals surface area (Å²) in [4.78, 5) is 48.2. The molecule has 10 rings (SSSR count). The molecule has 8 aromatic rings. The molecule has 8 heterocycles. The minimum atomic E-state index is -1.40. The average Bonchev–Trinajstić information content (AvgIpc) is 4.22. The molecule has 70 heavy (non-hydrogen) atoms. The van der Waals surface area contributed by atoms with E-state index in [9.17, 15) is 9.59 Å². The van der Waals surface area contributed by atoms with Crippen LogP contribution in [-0.4, -0.2) is 84.2 Å². The van der Waals surface area contributed by atoms with Crippen LogP contribution < -0.4 is 25.9 Å². The van der Waals surface area contributed by atoms with Crippen LogP contribution in [0.5, 0.6) is 0 Å². The van der Waals surface area contributed by atoms with Crippen molar-refractivity contribution >= 4 is 91.3 Å². The van der Waals surface area contributed by atoms with Crippen LogP contribution in [0, 0.1) is 17.4 Å². The van der Waals surface area contributed by atoms with Crippen molar-refractivity contribution in [1.82, 2.24) is 29.1 Å². The van der Waals surface area contributed by atoms with E-state index in [1.54, 1.807) is 47.2 Å². The first-order valence-electron chi connectivity index (χ1n) is 23.4. The van der Waals surface area contributed by atoms with Crippen molar-refractivity contribution < 1.29 is 19.6 Å². The molecule has 2 fully saturated rings. The van der Waals surface area contributed by atoms with E-state index in [1.165, 1.54) is 44.7 Å². The molecular weight excluding hydrogens is 1030 g/mol. The maximum atomic E-state index is 13.1. The topological polar surface area (TPSA) is 167 Å². The lowest BCUT2D eigenvalue weighted by Gasteiger charge is -2.25. The van der Waals surface area contributed by atoms with Crippen molar-refractivity contribution in [3.8, 4) is 11.1 Å². The van der Waals surface area contributed by atoms with Crippen molar-refractivity contribution in [2.45, 2.75) is 65.5 Å². The number of rotatable bonds is 12. The van der Waals surface area contributed by atoms with Crippen LogP contribution in [0.2, 0.25) is 0 Å². The van der Waals surface area contributed by atoms with Crippen LogP contribution in [0.25, 0.3) is 11.1 Å². The molecule has 0 aliphatic carbocycles. The van der Waals surface area contributed by atoms with Gasteiger partial charge >= 0.3 is 7.12 Å². The molecule has 360 valence electrons. The number of anilines is 4. The fourth-order valence-electron chi connectivity index (χ4n) is 8.24. The van der Waals surface area contributed by atoms with Gasteiger partial charge in [-0.15, -0.1) is 22.7 Å². The van der Waals surface area contributed by atoms with Crippen LogP contribution in [-0.2, 0) is 13.1 Å². The maximum absolute atomic E-state index is 13.1. The van der Waals surface area contributed by atoms with E-state index in [2.05, 4.69) is 63.8 Å². The smallest absolute Gasteiger partial charge is 0.423 e. The molecule has 2 aliphatic heterocycles. The highest BCUT2D eigenvalue weighted by Crippen LogP contribution is 2.27. The molecule has 18 heteroatoms. The number of hydrogen-bond donors (Lipinski definition) is 4. The number of nitrogens with one attached hydrogen (secondary N) is 2. The number of aryl methyl sites for hydroxylation is 2. The van der Waals surface area contributed by atoms with Gasteiger partial charge in [0.25, 0.3) is 11.8 Å². The van der Waals surface area contributed by atoms with E-state index in [0.29, 0.717) is 29.9 Å². The average molecular weight is 1090 g/mol. The third kappa shape index (κ3) is 14.0. The zero-order chi connectivity index (χ0) is 48.8. The van der Waals surface area contributed by atoms with E-state index in [4.69, 9.17) is 20.0 Å². The number of halogens is 1. The number of piperidine rings is 2. The first-order valence-corrected chi connectivity index (χ1v) is 26.3. The number of aromatic nitrogens is 6.